The standard InChI is InChI=1S/C13H23NO2/c1-9(2)11(10-6-7-14-8-10)12(15)16-13(3,4)5/h10-11,14H,1,6-8H2,2-5H3. The largest absolute Gasteiger partial charge is 0.459 e. The number of ether oxygens (including phenoxy) is 1. The van der Waals surface area contributed by atoms with Gasteiger partial charge in [-0.2, -0.15) is 0 Å². The van der Waals surface area contributed by atoms with E-state index in [4.69, 9.17) is 4.74 Å². The molecule has 2 unspecified atom stereocenters. The highest BCUT2D eigenvalue weighted by Crippen LogP contribution is 2.27. The Bertz CT molecular complexity index is 272. The molecule has 1 saturated heterocycles. The van der Waals surface area contributed by atoms with Gasteiger partial charge in [-0.05, 0) is 53.1 Å². The van der Waals surface area contributed by atoms with Crippen LogP contribution in [0.25, 0.3) is 0 Å². The maximum atomic E-state index is 12.1. The average Bonchev–Trinajstić information content (AvgIpc) is 2.52. The Morgan fingerprint density at radius 3 is 2.50 bits per heavy atom. The fraction of sp³-hybridized carbons (Fsp3) is 0.769. The number of carbonyl (C=O) groups is 1. The second-order valence-electron chi connectivity index (χ2n) is 5.61. The molecule has 1 heterocycles. The third-order valence-electron chi connectivity index (χ3n) is 2.76. The minimum atomic E-state index is -0.420. The molecule has 0 spiro atoms. The molecule has 0 saturated carbocycles. The van der Waals surface area contributed by atoms with Crippen LogP contribution in [-0.2, 0) is 9.53 Å². The third kappa shape index (κ3) is 3.63. The zero-order valence-corrected chi connectivity index (χ0v) is 10.8. The van der Waals surface area contributed by atoms with Crippen LogP contribution < -0.4 is 5.32 Å². The molecule has 0 amide bonds. The molecule has 1 N–H and O–H groups in total. The molecule has 1 fully saturated rings. The molecule has 0 aromatic carbocycles. The number of rotatable bonds is 3. The van der Waals surface area contributed by atoms with E-state index in [0.29, 0.717) is 5.92 Å². The molecule has 0 radical (unpaired) electrons. The minimum absolute atomic E-state index is 0.131. The van der Waals surface area contributed by atoms with Gasteiger partial charge in [0, 0.05) is 0 Å². The van der Waals surface area contributed by atoms with E-state index in [2.05, 4.69) is 11.9 Å². The summed E-state index contributed by atoms with van der Waals surface area (Å²) in [5.41, 5.74) is 0.486. The van der Waals surface area contributed by atoms with Crippen molar-refractivity contribution in [3.8, 4) is 0 Å². The molecule has 0 aromatic heterocycles. The monoisotopic (exact) mass is 225 g/mol. The molecular formula is C13H23NO2. The van der Waals surface area contributed by atoms with Crippen molar-refractivity contribution >= 4 is 5.97 Å². The van der Waals surface area contributed by atoms with Gasteiger partial charge in [0.2, 0.25) is 0 Å². The SMILES string of the molecule is C=C(C)C(C(=O)OC(C)(C)C)C1CCNC1. The van der Waals surface area contributed by atoms with Gasteiger partial charge in [-0.25, -0.2) is 0 Å². The predicted molar refractivity (Wildman–Crippen MR) is 65.1 cm³/mol. The maximum Gasteiger partial charge on any atom is 0.313 e. The molecule has 2 atom stereocenters. The van der Waals surface area contributed by atoms with Crippen LogP contribution in [0.15, 0.2) is 12.2 Å². The Balaban J connectivity index is 2.70. The lowest BCUT2D eigenvalue weighted by molar-refractivity contribution is -0.160. The highest BCUT2D eigenvalue weighted by atomic mass is 16.6. The van der Waals surface area contributed by atoms with Gasteiger partial charge >= 0.3 is 5.97 Å². The van der Waals surface area contributed by atoms with E-state index in [-0.39, 0.29) is 11.9 Å². The molecule has 0 aromatic rings. The molecule has 1 aliphatic heterocycles. The molecule has 1 rings (SSSR count). The molecule has 0 bridgehead atoms. The van der Waals surface area contributed by atoms with Crippen LogP contribution in [0.4, 0.5) is 0 Å². The summed E-state index contributed by atoms with van der Waals surface area (Å²) in [6.45, 7) is 13.4. The number of hydrogen-bond acceptors (Lipinski definition) is 3. The van der Waals surface area contributed by atoms with Crippen LogP contribution in [0.3, 0.4) is 0 Å². The number of esters is 1. The van der Waals surface area contributed by atoms with Crippen LogP contribution >= 0.6 is 0 Å². The minimum Gasteiger partial charge on any atom is -0.459 e. The molecule has 3 nitrogen and oxygen atoms in total. The molecular weight excluding hydrogens is 202 g/mol. The van der Waals surface area contributed by atoms with Crippen LogP contribution in [0, 0.1) is 11.8 Å². The summed E-state index contributed by atoms with van der Waals surface area (Å²) in [7, 11) is 0. The normalized spacial score (nSPS) is 22.9. The van der Waals surface area contributed by atoms with E-state index in [1.54, 1.807) is 0 Å². The Hall–Kier alpha value is -0.830. The number of hydrogen-bond donors (Lipinski definition) is 1. The lowest BCUT2D eigenvalue weighted by Gasteiger charge is -2.27. The first kappa shape index (κ1) is 13.2. The molecule has 16 heavy (non-hydrogen) atoms. The lowest BCUT2D eigenvalue weighted by atomic mass is 9.86. The van der Waals surface area contributed by atoms with Gasteiger partial charge in [-0.3, -0.25) is 4.79 Å². The summed E-state index contributed by atoms with van der Waals surface area (Å²) in [6.07, 6.45) is 1.02. The predicted octanol–water partition coefficient (Wildman–Crippen LogP) is 2.13. The van der Waals surface area contributed by atoms with Crippen molar-refractivity contribution in [3.63, 3.8) is 0 Å². The van der Waals surface area contributed by atoms with Crippen molar-refractivity contribution in [2.24, 2.45) is 11.8 Å². The topological polar surface area (TPSA) is 38.3 Å². The Kier molecular flexibility index (Phi) is 4.14. The van der Waals surface area contributed by atoms with Crippen molar-refractivity contribution in [1.29, 1.82) is 0 Å². The van der Waals surface area contributed by atoms with Crippen LogP contribution in [0.1, 0.15) is 34.1 Å². The van der Waals surface area contributed by atoms with E-state index in [1.165, 1.54) is 0 Å². The van der Waals surface area contributed by atoms with Crippen molar-refractivity contribution in [1.82, 2.24) is 5.32 Å². The number of nitrogens with one attached hydrogen (secondary N) is 1. The van der Waals surface area contributed by atoms with Crippen LogP contribution in [-0.4, -0.2) is 24.7 Å². The van der Waals surface area contributed by atoms with E-state index < -0.39 is 5.60 Å². The lowest BCUT2D eigenvalue weighted by Crippen LogP contribution is -2.33. The number of carbonyl (C=O) groups excluding carboxylic acids is 1. The van der Waals surface area contributed by atoms with E-state index in [0.717, 1.165) is 25.1 Å². The van der Waals surface area contributed by atoms with Gasteiger partial charge in [0.25, 0.3) is 0 Å². The maximum absolute atomic E-state index is 12.1. The fourth-order valence-electron chi connectivity index (χ4n) is 2.12. The first-order valence-corrected chi connectivity index (χ1v) is 5.90. The summed E-state index contributed by atoms with van der Waals surface area (Å²) >= 11 is 0. The molecule has 3 heteroatoms. The molecule has 92 valence electrons. The van der Waals surface area contributed by atoms with Crippen molar-refractivity contribution in [2.75, 3.05) is 13.1 Å². The molecule has 0 aliphatic carbocycles. The Morgan fingerprint density at radius 1 is 1.50 bits per heavy atom. The summed E-state index contributed by atoms with van der Waals surface area (Å²) in [5, 5.41) is 3.28. The highest BCUT2D eigenvalue weighted by molar-refractivity contribution is 5.76. The summed E-state index contributed by atoms with van der Waals surface area (Å²) in [6, 6.07) is 0. The van der Waals surface area contributed by atoms with Crippen molar-refractivity contribution in [2.45, 2.75) is 39.7 Å². The Labute approximate surface area is 98.2 Å². The van der Waals surface area contributed by atoms with E-state index >= 15 is 0 Å². The average molecular weight is 225 g/mol. The zero-order valence-electron chi connectivity index (χ0n) is 10.8. The van der Waals surface area contributed by atoms with Gasteiger partial charge < -0.3 is 10.1 Å². The van der Waals surface area contributed by atoms with Gasteiger partial charge in [0.1, 0.15) is 5.60 Å². The smallest absolute Gasteiger partial charge is 0.313 e. The van der Waals surface area contributed by atoms with Crippen LogP contribution in [0.5, 0.6) is 0 Å². The zero-order chi connectivity index (χ0) is 12.3. The summed E-state index contributed by atoms with van der Waals surface area (Å²) in [4.78, 5) is 12.1. The van der Waals surface area contributed by atoms with Crippen molar-refractivity contribution in [3.05, 3.63) is 12.2 Å². The van der Waals surface area contributed by atoms with Gasteiger partial charge in [0.15, 0.2) is 0 Å². The quantitative estimate of drug-likeness (QED) is 0.590. The highest BCUT2D eigenvalue weighted by Gasteiger charge is 2.34. The fourth-order valence-corrected chi connectivity index (χ4v) is 2.12. The second-order valence-corrected chi connectivity index (χ2v) is 5.61. The second kappa shape index (κ2) is 5.00. The van der Waals surface area contributed by atoms with Gasteiger partial charge in [-0.1, -0.05) is 12.2 Å². The van der Waals surface area contributed by atoms with E-state index in [1.807, 2.05) is 27.7 Å². The molecule has 1 aliphatic rings. The van der Waals surface area contributed by atoms with Gasteiger partial charge in [-0.15, -0.1) is 0 Å². The van der Waals surface area contributed by atoms with Gasteiger partial charge in [0.05, 0.1) is 5.92 Å². The summed E-state index contributed by atoms with van der Waals surface area (Å²) in [5.74, 6) is 0.0512. The first-order chi connectivity index (χ1) is 7.31. The third-order valence-corrected chi connectivity index (χ3v) is 2.76. The summed E-state index contributed by atoms with van der Waals surface area (Å²) < 4.78 is 5.45. The Morgan fingerprint density at radius 2 is 2.12 bits per heavy atom. The van der Waals surface area contributed by atoms with Crippen molar-refractivity contribution < 1.29 is 9.53 Å². The van der Waals surface area contributed by atoms with Crippen LogP contribution in [0.2, 0.25) is 0 Å². The first-order valence-electron chi connectivity index (χ1n) is 5.90. The van der Waals surface area contributed by atoms with E-state index in [9.17, 15) is 4.79 Å².